The van der Waals surface area contributed by atoms with Gasteiger partial charge in [-0.05, 0) is 24.4 Å². The molecule has 2 aromatic rings. The molecule has 0 saturated heterocycles. The second kappa shape index (κ2) is 6.42. The van der Waals surface area contributed by atoms with Crippen molar-refractivity contribution >= 4 is 10.9 Å². The molecule has 0 saturated carbocycles. The van der Waals surface area contributed by atoms with E-state index in [1.807, 2.05) is 6.92 Å². The summed E-state index contributed by atoms with van der Waals surface area (Å²) < 4.78 is 7.55. The Kier molecular flexibility index (Phi) is 4.59. The number of nitrogens with zero attached hydrogens (tertiary/aromatic N) is 1. The van der Waals surface area contributed by atoms with Crippen LogP contribution in [0.25, 0.3) is 10.9 Å². The van der Waals surface area contributed by atoms with Gasteiger partial charge in [-0.2, -0.15) is 0 Å². The highest BCUT2D eigenvalue weighted by Gasteiger charge is 1.98. The number of hydrogen-bond donors (Lipinski definition) is 1. The van der Waals surface area contributed by atoms with Gasteiger partial charge in [-0.1, -0.05) is 18.2 Å². The molecule has 1 heterocycles. The number of rotatable bonds is 7. The third-order valence-corrected chi connectivity index (χ3v) is 2.84. The second-order valence-corrected chi connectivity index (χ2v) is 4.01. The number of ether oxygens (including phenoxy) is 1. The van der Waals surface area contributed by atoms with Gasteiger partial charge in [0, 0.05) is 38.0 Å². The van der Waals surface area contributed by atoms with Crippen molar-refractivity contribution < 1.29 is 4.74 Å². The highest BCUT2D eigenvalue weighted by molar-refractivity contribution is 5.79. The van der Waals surface area contributed by atoms with Crippen molar-refractivity contribution in [2.75, 3.05) is 26.3 Å². The summed E-state index contributed by atoms with van der Waals surface area (Å²) in [6.07, 6.45) is 2.15. The molecular weight excluding hydrogens is 212 g/mol. The van der Waals surface area contributed by atoms with Crippen LogP contribution in [0.2, 0.25) is 0 Å². The van der Waals surface area contributed by atoms with Gasteiger partial charge in [-0.25, -0.2) is 0 Å². The molecule has 0 aliphatic carbocycles. The number of nitrogens with one attached hydrogen (secondary N) is 1. The van der Waals surface area contributed by atoms with Crippen LogP contribution in [-0.4, -0.2) is 30.9 Å². The van der Waals surface area contributed by atoms with Crippen LogP contribution < -0.4 is 5.32 Å². The smallest absolute Gasteiger partial charge is 0.0590 e. The Hall–Kier alpha value is -1.32. The molecule has 1 N–H and O–H groups in total. The van der Waals surface area contributed by atoms with Crippen molar-refractivity contribution in [1.29, 1.82) is 0 Å². The molecule has 1 aromatic heterocycles. The van der Waals surface area contributed by atoms with E-state index < -0.39 is 0 Å². The first-order valence-corrected chi connectivity index (χ1v) is 6.24. The van der Waals surface area contributed by atoms with E-state index in [0.29, 0.717) is 0 Å². The van der Waals surface area contributed by atoms with E-state index >= 15 is 0 Å². The van der Waals surface area contributed by atoms with Gasteiger partial charge in [-0.3, -0.25) is 0 Å². The van der Waals surface area contributed by atoms with Gasteiger partial charge >= 0.3 is 0 Å². The Morgan fingerprint density at radius 1 is 1.18 bits per heavy atom. The lowest BCUT2D eigenvalue weighted by Crippen LogP contribution is -2.23. The quantitative estimate of drug-likeness (QED) is 0.741. The minimum atomic E-state index is 0.795. The largest absolute Gasteiger partial charge is 0.380 e. The lowest BCUT2D eigenvalue weighted by atomic mass is 10.2. The Bertz CT molecular complexity index is 450. The Morgan fingerprint density at radius 2 is 2.06 bits per heavy atom. The monoisotopic (exact) mass is 232 g/mol. The molecule has 17 heavy (non-hydrogen) atoms. The topological polar surface area (TPSA) is 26.2 Å². The number of fused-ring (bicyclic) bond motifs is 1. The summed E-state index contributed by atoms with van der Waals surface area (Å²) in [6, 6.07) is 10.6. The van der Waals surface area contributed by atoms with Crippen molar-refractivity contribution in [3.05, 3.63) is 36.5 Å². The van der Waals surface area contributed by atoms with Crippen LogP contribution in [0.3, 0.4) is 0 Å². The first-order chi connectivity index (χ1) is 8.42. The highest BCUT2D eigenvalue weighted by atomic mass is 16.5. The molecule has 3 nitrogen and oxygen atoms in total. The molecule has 2 rings (SSSR count). The van der Waals surface area contributed by atoms with Crippen LogP contribution in [0.1, 0.15) is 6.92 Å². The molecule has 1 aromatic carbocycles. The van der Waals surface area contributed by atoms with Crippen molar-refractivity contribution in [2.45, 2.75) is 13.5 Å². The number of benzene rings is 1. The summed E-state index contributed by atoms with van der Waals surface area (Å²) in [5.74, 6) is 0. The molecule has 0 atom stereocenters. The number of aromatic nitrogens is 1. The minimum Gasteiger partial charge on any atom is -0.380 e. The standard InChI is InChI=1S/C14H20N2O/c1-2-17-12-9-15-8-11-16-10-7-13-5-3-4-6-14(13)16/h3-7,10,15H,2,8-9,11-12H2,1H3. The zero-order valence-electron chi connectivity index (χ0n) is 10.4. The van der Waals surface area contributed by atoms with E-state index in [-0.39, 0.29) is 0 Å². The van der Waals surface area contributed by atoms with Crippen molar-refractivity contribution in [3.8, 4) is 0 Å². The van der Waals surface area contributed by atoms with E-state index in [1.165, 1.54) is 10.9 Å². The molecule has 0 aliphatic heterocycles. The van der Waals surface area contributed by atoms with E-state index in [1.54, 1.807) is 0 Å². The summed E-state index contributed by atoms with van der Waals surface area (Å²) in [4.78, 5) is 0. The Labute approximate surface area is 102 Å². The molecule has 0 spiro atoms. The van der Waals surface area contributed by atoms with Crippen molar-refractivity contribution in [3.63, 3.8) is 0 Å². The Morgan fingerprint density at radius 3 is 2.94 bits per heavy atom. The second-order valence-electron chi connectivity index (χ2n) is 4.01. The molecule has 3 heteroatoms. The normalized spacial score (nSPS) is 11.1. The zero-order valence-corrected chi connectivity index (χ0v) is 10.4. The lowest BCUT2D eigenvalue weighted by Gasteiger charge is -2.07. The van der Waals surface area contributed by atoms with Crippen LogP contribution in [0.15, 0.2) is 36.5 Å². The van der Waals surface area contributed by atoms with Crippen LogP contribution in [0.4, 0.5) is 0 Å². The minimum absolute atomic E-state index is 0.795. The van der Waals surface area contributed by atoms with E-state index in [9.17, 15) is 0 Å². The summed E-state index contributed by atoms with van der Waals surface area (Å²) in [5.41, 5.74) is 1.30. The third-order valence-electron chi connectivity index (χ3n) is 2.84. The van der Waals surface area contributed by atoms with Crippen LogP contribution in [-0.2, 0) is 11.3 Å². The van der Waals surface area contributed by atoms with Gasteiger partial charge in [0.05, 0.1) is 6.61 Å². The molecular formula is C14H20N2O. The first-order valence-electron chi connectivity index (χ1n) is 6.24. The zero-order chi connectivity index (χ0) is 11.9. The van der Waals surface area contributed by atoms with Crippen LogP contribution >= 0.6 is 0 Å². The molecule has 0 aliphatic rings. The van der Waals surface area contributed by atoms with Crippen LogP contribution in [0, 0.1) is 0 Å². The molecule has 0 radical (unpaired) electrons. The summed E-state index contributed by atoms with van der Waals surface area (Å²) >= 11 is 0. The molecule has 0 unspecified atom stereocenters. The molecule has 0 bridgehead atoms. The maximum Gasteiger partial charge on any atom is 0.0590 e. The number of para-hydroxylation sites is 1. The van der Waals surface area contributed by atoms with Crippen LogP contribution in [0.5, 0.6) is 0 Å². The van der Waals surface area contributed by atoms with Gasteiger partial charge in [0.2, 0.25) is 0 Å². The van der Waals surface area contributed by atoms with E-state index in [2.05, 4.69) is 46.4 Å². The maximum absolute atomic E-state index is 5.27. The summed E-state index contributed by atoms with van der Waals surface area (Å²) in [7, 11) is 0. The summed E-state index contributed by atoms with van der Waals surface area (Å²) in [5, 5.41) is 4.68. The van der Waals surface area contributed by atoms with E-state index in [0.717, 1.165) is 32.8 Å². The van der Waals surface area contributed by atoms with Gasteiger partial charge in [0.15, 0.2) is 0 Å². The Balaban J connectivity index is 1.79. The predicted octanol–water partition coefficient (Wildman–Crippen LogP) is 2.27. The molecule has 0 fully saturated rings. The average Bonchev–Trinajstić information content (AvgIpc) is 2.77. The highest BCUT2D eigenvalue weighted by Crippen LogP contribution is 2.14. The maximum atomic E-state index is 5.27. The SMILES string of the molecule is CCOCCNCCn1ccc2ccccc21. The van der Waals surface area contributed by atoms with Gasteiger partial charge in [0.1, 0.15) is 0 Å². The average molecular weight is 232 g/mol. The van der Waals surface area contributed by atoms with Gasteiger partial charge in [-0.15, -0.1) is 0 Å². The van der Waals surface area contributed by atoms with Gasteiger partial charge < -0.3 is 14.6 Å². The fraction of sp³-hybridized carbons (Fsp3) is 0.429. The fourth-order valence-corrected chi connectivity index (χ4v) is 1.95. The lowest BCUT2D eigenvalue weighted by molar-refractivity contribution is 0.149. The summed E-state index contributed by atoms with van der Waals surface area (Å²) in [6.45, 7) is 6.51. The van der Waals surface area contributed by atoms with Crippen molar-refractivity contribution in [1.82, 2.24) is 9.88 Å². The number of hydrogen-bond acceptors (Lipinski definition) is 2. The molecule has 0 amide bonds. The first kappa shape index (κ1) is 12.1. The van der Waals surface area contributed by atoms with Gasteiger partial charge in [0.25, 0.3) is 0 Å². The van der Waals surface area contributed by atoms with Crippen molar-refractivity contribution in [2.24, 2.45) is 0 Å². The fourth-order valence-electron chi connectivity index (χ4n) is 1.95. The third kappa shape index (κ3) is 3.32. The molecule has 92 valence electrons. The predicted molar refractivity (Wildman–Crippen MR) is 71.3 cm³/mol. The van der Waals surface area contributed by atoms with E-state index in [4.69, 9.17) is 4.74 Å².